The van der Waals surface area contributed by atoms with E-state index in [-0.39, 0.29) is 30.4 Å². The number of amides is 2. The van der Waals surface area contributed by atoms with Crippen molar-refractivity contribution in [3.8, 4) is 0 Å². The number of carbonyl (C=O) groups is 2. The predicted molar refractivity (Wildman–Crippen MR) is 91.3 cm³/mol. The Hall–Kier alpha value is -1.88. The van der Waals surface area contributed by atoms with Gasteiger partial charge in [0, 0.05) is 19.6 Å². The van der Waals surface area contributed by atoms with Crippen LogP contribution in [0.1, 0.15) is 31.2 Å². The molecular formula is C19H26N2O3. The average Bonchev–Trinajstić information content (AvgIpc) is 3.10. The van der Waals surface area contributed by atoms with Gasteiger partial charge in [-0.25, -0.2) is 0 Å². The fraction of sp³-hybridized carbons (Fsp3) is 0.579. The normalized spacial score (nSPS) is 24.2. The highest BCUT2D eigenvalue weighted by Gasteiger charge is 2.35. The zero-order valence-electron chi connectivity index (χ0n) is 14.1. The monoisotopic (exact) mass is 330 g/mol. The first-order valence-corrected chi connectivity index (χ1v) is 8.92. The fourth-order valence-electron chi connectivity index (χ4n) is 3.84. The second-order valence-electron chi connectivity index (χ2n) is 6.85. The van der Waals surface area contributed by atoms with Gasteiger partial charge in [-0.2, -0.15) is 0 Å². The number of aliphatic hydroxyl groups is 1. The van der Waals surface area contributed by atoms with E-state index >= 15 is 0 Å². The van der Waals surface area contributed by atoms with Gasteiger partial charge in [-0.05, 0) is 31.2 Å². The average molecular weight is 330 g/mol. The Morgan fingerprint density at radius 2 is 1.83 bits per heavy atom. The summed E-state index contributed by atoms with van der Waals surface area (Å²) in [4.78, 5) is 29.0. The number of piperidine rings is 1. The van der Waals surface area contributed by atoms with Gasteiger partial charge in [-0.1, -0.05) is 30.3 Å². The first-order valence-electron chi connectivity index (χ1n) is 8.92. The maximum atomic E-state index is 12.8. The van der Waals surface area contributed by atoms with Crippen LogP contribution in [0.25, 0.3) is 0 Å². The van der Waals surface area contributed by atoms with Gasteiger partial charge in [-0.15, -0.1) is 0 Å². The topological polar surface area (TPSA) is 60.9 Å². The van der Waals surface area contributed by atoms with Crippen LogP contribution in [-0.2, 0) is 16.0 Å². The van der Waals surface area contributed by atoms with E-state index in [0.29, 0.717) is 13.0 Å². The van der Waals surface area contributed by atoms with Crippen molar-refractivity contribution in [1.82, 2.24) is 9.80 Å². The maximum Gasteiger partial charge on any atom is 0.227 e. The standard InChI is InChI=1S/C19H26N2O3/c22-14-17-9-5-11-21(17)19(24)16-8-4-10-20(13-16)18(23)12-15-6-2-1-3-7-15/h1-3,6-7,16-17,22H,4-5,8-14H2/t16?,17-/m0/s1. The van der Waals surface area contributed by atoms with Crippen LogP contribution < -0.4 is 0 Å². The first-order chi connectivity index (χ1) is 11.7. The van der Waals surface area contributed by atoms with Gasteiger partial charge >= 0.3 is 0 Å². The van der Waals surface area contributed by atoms with Crippen LogP contribution in [0, 0.1) is 5.92 Å². The number of hydrogen-bond acceptors (Lipinski definition) is 3. The zero-order valence-corrected chi connectivity index (χ0v) is 14.1. The van der Waals surface area contributed by atoms with Gasteiger partial charge in [0.05, 0.1) is 25.0 Å². The lowest BCUT2D eigenvalue weighted by atomic mass is 9.95. The predicted octanol–water partition coefficient (Wildman–Crippen LogP) is 1.45. The van der Waals surface area contributed by atoms with Crippen molar-refractivity contribution in [2.75, 3.05) is 26.2 Å². The molecule has 0 aliphatic carbocycles. The van der Waals surface area contributed by atoms with Crippen molar-refractivity contribution >= 4 is 11.8 Å². The van der Waals surface area contributed by atoms with Crippen LogP contribution >= 0.6 is 0 Å². The maximum absolute atomic E-state index is 12.8. The molecule has 0 aromatic heterocycles. The second-order valence-corrected chi connectivity index (χ2v) is 6.85. The number of hydrogen-bond donors (Lipinski definition) is 1. The van der Waals surface area contributed by atoms with Crippen LogP contribution in [0.15, 0.2) is 30.3 Å². The molecule has 1 N–H and O–H groups in total. The number of likely N-dealkylation sites (tertiary alicyclic amines) is 2. The minimum Gasteiger partial charge on any atom is -0.394 e. The summed E-state index contributed by atoms with van der Waals surface area (Å²) in [5.41, 5.74) is 1.01. The molecule has 1 aromatic carbocycles. The van der Waals surface area contributed by atoms with E-state index in [1.807, 2.05) is 40.1 Å². The van der Waals surface area contributed by atoms with Crippen molar-refractivity contribution in [1.29, 1.82) is 0 Å². The van der Waals surface area contributed by atoms with Crippen LogP contribution in [-0.4, -0.2) is 59.0 Å². The van der Waals surface area contributed by atoms with Crippen molar-refractivity contribution < 1.29 is 14.7 Å². The summed E-state index contributed by atoms with van der Waals surface area (Å²) >= 11 is 0. The molecule has 2 saturated heterocycles. The van der Waals surface area contributed by atoms with Crippen molar-refractivity contribution in [3.63, 3.8) is 0 Å². The molecule has 24 heavy (non-hydrogen) atoms. The summed E-state index contributed by atoms with van der Waals surface area (Å²) in [5, 5.41) is 9.43. The molecule has 2 heterocycles. The minimum absolute atomic E-state index is 0.0344. The molecular weight excluding hydrogens is 304 g/mol. The molecule has 2 amide bonds. The number of carbonyl (C=O) groups excluding carboxylic acids is 2. The van der Waals surface area contributed by atoms with E-state index in [9.17, 15) is 14.7 Å². The molecule has 5 heteroatoms. The van der Waals surface area contributed by atoms with E-state index in [0.717, 1.165) is 44.3 Å². The minimum atomic E-state index is -0.120. The quantitative estimate of drug-likeness (QED) is 0.909. The van der Waals surface area contributed by atoms with E-state index in [4.69, 9.17) is 0 Å². The van der Waals surface area contributed by atoms with E-state index in [2.05, 4.69) is 0 Å². The molecule has 1 unspecified atom stereocenters. The Bertz CT molecular complexity index is 575. The third kappa shape index (κ3) is 3.78. The fourth-order valence-corrected chi connectivity index (χ4v) is 3.84. The van der Waals surface area contributed by atoms with Crippen LogP contribution in [0.2, 0.25) is 0 Å². The van der Waals surface area contributed by atoms with Gasteiger partial charge in [0.15, 0.2) is 0 Å². The second kappa shape index (κ2) is 7.79. The van der Waals surface area contributed by atoms with Crippen molar-refractivity contribution in [2.45, 2.75) is 38.1 Å². The van der Waals surface area contributed by atoms with Gasteiger partial charge in [0.2, 0.25) is 11.8 Å². The van der Waals surface area contributed by atoms with Gasteiger partial charge < -0.3 is 14.9 Å². The Kier molecular flexibility index (Phi) is 5.51. The SMILES string of the molecule is O=C(Cc1ccccc1)N1CCCC(C(=O)N2CCC[C@H]2CO)C1. The summed E-state index contributed by atoms with van der Waals surface area (Å²) < 4.78 is 0. The van der Waals surface area contributed by atoms with Crippen molar-refractivity contribution in [2.24, 2.45) is 5.92 Å². The van der Waals surface area contributed by atoms with E-state index in [1.165, 1.54) is 0 Å². The van der Waals surface area contributed by atoms with Crippen LogP contribution in [0.5, 0.6) is 0 Å². The lowest BCUT2D eigenvalue weighted by molar-refractivity contribution is -0.141. The highest BCUT2D eigenvalue weighted by atomic mass is 16.3. The Labute approximate surface area is 143 Å². The summed E-state index contributed by atoms with van der Waals surface area (Å²) in [6.45, 7) is 2.02. The summed E-state index contributed by atoms with van der Waals surface area (Å²) in [6, 6.07) is 9.70. The Balaban J connectivity index is 1.59. The molecule has 0 bridgehead atoms. The molecule has 1 aromatic rings. The summed E-state index contributed by atoms with van der Waals surface area (Å²) in [7, 11) is 0. The smallest absolute Gasteiger partial charge is 0.227 e. The van der Waals surface area contributed by atoms with E-state index < -0.39 is 0 Å². The number of nitrogens with zero attached hydrogens (tertiary/aromatic N) is 2. The third-order valence-corrected chi connectivity index (χ3v) is 5.19. The van der Waals surface area contributed by atoms with Crippen LogP contribution in [0.3, 0.4) is 0 Å². The molecule has 2 aliphatic heterocycles. The van der Waals surface area contributed by atoms with E-state index in [1.54, 1.807) is 0 Å². The third-order valence-electron chi connectivity index (χ3n) is 5.19. The molecule has 2 atom stereocenters. The lowest BCUT2D eigenvalue weighted by Crippen LogP contribution is -2.48. The Morgan fingerprint density at radius 3 is 2.58 bits per heavy atom. The van der Waals surface area contributed by atoms with Gasteiger partial charge in [0.25, 0.3) is 0 Å². The molecule has 0 radical (unpaired) electrons. The summed E-state index contributed by atoms with van der Waals surface area (Å²) in [6.07, 6.45) is 3.94. The largest absolute Gasteiger partial charge is 0.394 e. The molecule has 3 rings (SSSR count). The molecule has 5 nitrogen and oxygen atoms in total. The number of benzene rings is 1. The molecule has 0 saturated carbocycles. The Morgan fingerprint density at radius 1 is 1.08 bits per heavy atom. The lowest BCUT2D eigenvalue weighted by Gasteiger charge is -2.35. The molecule has 130 valence electrons. The number of aliphatic hydroxyl groups excluding tert-OH is 1. The summed E-state index contributed by atoms with van der Waals surface area (Å²) in [5.74, 6) is 0.0909. The van der Waals surface area contributed by atoms with Gasteiger partial charge in [-0.3, -0.25) is 9.59 Å². The van der Waals surface area contributed by atoms with Crippen molar-refractivity contribution in [3.05, 3.63) is 35.9 Å². The molecule has 2 fully saturated rings. The zero-order chi connectivity index (χ0) is 16.9. The highest BCUT2D eigenvalue weighted by Crippen LogP contribution is 2.25. The molecule has 2 aliphatic rings. The first kappa shape index (κ1) is 17.0. The van der Waals surface area contributed by atoms with Gasteiger partial charge in [0.1, 0.15) is 0 Å². The van der Waals surface area contributed by atoms with Crippen LogP contribution in [0.4, 0.5) is 0 Å². The molecule has 0 spiro atoms. The number of rotatable bonds is 4. The highest BCUT2D eigenvalue weighted by molar-refractivity contribution is 5.82.